The summed E-state index contributed by atoms with van der Waals surface area (Å²) in [6, 6.07) is 5.58. The number of ether oxygens (including phenoxy) is 1. The SMILES string of the molecule is CC(C)c1nc(N)cc(Oc2ccc(F)c(Cl)c2)n1. The fraction of sp³-hybridized carbons (Fsp3) is 0.231. The number of nitrogen functional groups attached to an aromatic ring is 1. The van der Waals surface area contributed by atoms with E-state index >= 15 is 0 Å². The molecule has 0 fully saturated rings. The Kier molecular flexibility index (Phi) is 3.85. The first-order chi connectivity index (χ1) is 8.95. The van der Waals surface area contributed by atoms with Crippen LogP contribution in [0.1, 0.15) is 25.6 Å². The predicted octanol–water partition coefficient (Wildman–Crippen LogP) is 3.77. The first-order valence-corrected chi connectivity index (χ1v) is 6.11. The summed E-state index contributed by atoms with van der Waals surface area (Å²) in [6.07, 6.45) is 0. The number of anilines is 1. The Labute approximate surface area is 115 Å². The van der Waals surface area contributed by atoms with Crippen LogP contribution in [-0.4, -0.2) is 9.97 Å². The van der Waals surface area contributed by atoms with E-state index in [4.69, 9.17) is 22.1 Å². The second-order valence-corrected chi connectivity index (χ2v) is 4.73. The monoisotopic (exact) mass is 281 g/mol. The van der Waals surface area contributed by atoms with Gasteiger partial charge in [-0.05, 0) is 12.1 Å². The van der Waals surface area contributed by atoms with E-state index < -0.39 is 5.82 Å². The highest BCUT2D eigenvalue weighted by Crippen LogP contribution is 2.26. The molecule has 0 bridgehead atoms. The Morgan fingerprint density at radius 3 is 2.63 bits per heavy atom. The molecule has 0 radical (unpaired) electrons. The van der Waals surface area contributed by atoms with Gasteiger partial charge in [0, 0.05) is 18.1 Å². The molecule has 1 heterocycles. The zero-order chi connectivity index (χ0) is 14.0. The maximum atomic E-state index is 13.0. The molecule has 2 aromatic rings. The number of hydrogen-bond donors (Lipinski definition) is 1. The van der Waals surface area contributed by atoms with Crippen LogP contribution in [-0.2, 0) is 0 Å². The highest BCUT2D eigenvalue weighted by atomic mass is 35.5. The average Bonchev–Trinajstić information content (AvgIpc) is 2.33. The maximum absolute atomic E-state index is 13.0. The highest BCUT2D eigenvalue weighted by molar-refractivity contribution is 6.30. The van der Waals surface area contributed by atoms with Crippen molar-refractivity contribution >= 4 is 17.4 Å². The predicted molar refractivity (Wildman–Crippen MR) is 72.0 cm³/mol. The third-order valence-corrected chi connectivity index (χ3v) is 2.66. The number of halogens is 2. The molecule has 0 saturated heterocycles. The molecule has 0 amide bonds. The van der Waals surface area contributed by atoms with E-state index in [0.717, 1.165) is 0 Å². The molecule has 0 aliphatic heterocycles. The van der Waals surface area contributed by atoms with Gasteiger partial charge in [-0.25, -0.2) is 9.37 Å². The molecule has 2 rings (SSSR count). The fourth-order valence-electron chi connectivity index (χ4n) is 1.43. The molecule has 0 aliphatic rings. The normalized spacial score (nSPS) is 10.8. The molecule has 0 atom stereocenters. The molecular weight excluding hydrogens is 269 g/mol. The molecule has 2 N–H and O–H groups in total. The summed E-state index contributed by atoms with van der Waals surface area (Å²) in [5, 5.41) is -0.0105. The van der Waals surface area contributed by atoms with E-state index in [2.05, 4.69) is 9.97 Å². The van der Waals surface area contributed by atoms with Crippen LogP contribution in [0.3, 0.4) is 0 Å². The van der Waals surface area contributed by atoms with Gasteiger partial charge in [0.1, 0.15) is 23.2 Å². The van der Waals surface area contributed by atoms with Crippen molar-refractivity contribution in [2.75, 3.05) is 5.73 Å². The minimum absolute atomic E-state index is 0.0105. The van der Waals surface area contributed by atoms with Gasteiger partial charge in [0.15, 0.2) is 0 Å². The van der Waals surface area contributed by atoms with Gasteiger partial charge in [0.05, 0.1) is 5.02 Å². The third-order valence-electron chi connectivity index (χ3n) is 2.37. The number of rotatable bonds is 3. The minimum Gasteiger partial charge on any atom is -0.439 e. The molecule has 0 saturated carbocycles. The Morgan fingerprint density at radius 1 is 1.26 bits per heavy atom. The Hall–Kier alpha value is -1.88. The lowest BCUT2D eigenvalue weighted by atomic mass is 10.2. The van der Waals surface area contributed by atoms with Crippen LogP contribution < -0.4 is 10.5 Å². The van der Waals surface area contributed by atoms with Crippen LogP contribution >= 0.6 is 11.6 Å². The first-order valence-electron chi connectivity index (χ1n) is 5.73. The van der Waals surface area contributed by atoms with E-state index in [0.29, 0.717) is 23.3 Å². The van der Waals surface area contributed by atoms with Gasteiger partial charge in [-0.3, -0.25) is 0 Å². The second-order valence-electron chi connectivity index (χ2n) is 4.32. The zero-order valence-electron chi connectivity index (χ0n) is 10.5. The zero-order valence-corrected chi connectivity index (χ0v) is 11.3. The van der Waals surface area contributed by atoms with Crippen molar-refractivity contribution in [2.24, 2.45) is 0 Å². The largest absolute Gasteiger partial charge is 0.439 e. The van der Waals surface area contributed by atoms with Crippen LogP contribution in [0.2, 0.25) is 5.02 Å². The Balaban J connectivity index is 2.29. The van der Waals surface area contributed by atoms with Crippen LogP contribution in [0.5, 0.6) is 11.6 Å². The van der Waals surface area contributed by atoms with Gasteiger partial charge in [0.2, 0.25) is 5.88 Å². The number of aromatic nitrogens is 2. The van der Waals surface area contributed by atoms with E-state index in [1.807, 2.05) is 13.8 Å². The van der Waals surface area contributed by atoms with Crippen molar-refractivity contribution in [3.05, 3.63) is 40.9 Å². The third kappa shape index (κ3) is 3.32. The quantitative estimate of drug-likeness (QED) is 0.930. The van der Waals surface area contributed by atoms with Gasteiger partial charge < -0.3 is 10.5 Å². The van der Waals surface area contributed by atoms with Crippen molar-refractivity contribution in [3.63, 3.8) is 0 Å². The van der Waals surface area contributed by atoms with Crippen molar-refractivity contribution in [1.29, 1.82) is 0 Å². The van der Waals surface area contributed by atoms with E-state index in [1.54, 1.807) is 0 Å². The van der Waals surface area contributed by atoms with Crippen molar-refractivity contribution < 1.29 is 9.13 Å². The molecular formula is C13H13ClFN3O. The maximum Gasteiger partial charge on any atom is 0.224 e. The van der Waals surface area contributed by atoms with E-state index in [-0.39, 0.29) is 10.9 Å². The lowest BCUT2D eigenvalue weighted by molar-refractivity contribution is 0.456. The second kappa shape index (κ2) is 5.40. The summed E-state index contributed by atoms with van der Waals surface area (Å²) in [5.41, 5.74) is 5.69. The standard InChI is InChI=1S/C13H13ClFN3O/c1-7(2)13-17-11(16)6-12(18-13)19-8-3-4-10(15)9(14)5-8/h3-7H,1-2H3,(H2,16,17,18). The first kappa shape index (κ1) is 13.5. The van der Waals surface area contributed by atoms with Crippen LogP contribution in [0.25, 0.3) is 0 Å². The molecule has 19 heavy (non-hydrogen) atoms. The lowest BCUT2D eigenvalue weighted by Crippen LogP contribution is -2.03. The van der Waals surface area contributed by atoms with E-state index in [9.17, 15) is 4.39 Å². The number of nitrogens with zero attached hydrogens (tertiary/aromatic N) is 2. The summed E-state index contributed by atoms with van der Waals surface area (Å²) >= 11 is 5.68. The molecule has 1 aromatic carbocycles. The summed E-state index contributed by atoms with van der Waals surface area (Å²) in [4.78, 5) is 8.34. The Morgan fingerprint density at radius 2 is 2.00 bits per heavy atom. The molecule has 100 valence electrons. The van der Waals surface area contributed by atoms with Gasteiger partial charge in [0.25, 0.3) is 0 Å². The topological polar surface area (TPSA) is 61.0 Å². The average molecular weight is 282 g/mol. The fourth-order valence-corrected chi connectivity index (χ4v) is 1.60. The smallest absolute Gasteiger partial charge is 0.224 e. The van der Waals surface area contributed by atoms with Gasteiger partial charge >= 0.3 is 0 Å². The van der Waals surface area contributed by atoms with Crippen molar-refractivity contribution in [3.8, 4) is 11.6 Å². The Bertz CT molecular complexity index is 604. The molecule has 0 unspecified atom stereocenters. The number of hydrogen-bond acceptors (Lipinski definition) is 4. The molecule has 1 aromatic heterocycles. The summed E-state index contributed by atoms with van der Waals surface area (Å²) in [6.45, 7) is 3.90. The van der Waals surface area contributed by atoms with Crippen LogP contribution in [0.15, 0.2) is 24.3 Å². The van der Waals surface area contributed by atoms with Gasteiger partial charge in [-0.1, -0.05) is 25.4 Å². The molecule has 0 spiro atoms. The lowest BCUT2D eigenvalue weighted by Gasteiger charge is -2.09. The van der Waals surface area contributed by atoms with Gasteiger partial charge in [-0.15, -0.1) is 0 Å². The molecule has 6 heteroatoms. The van der Waals surface area contributed by atoms with Crippen LogP contribution in [0.4, 0.5) is 10.2 Å². The minimum atomic E-state index is -0.501. The van der Waals surface area contributed by atoms with Crippen molar-refractivity contribution in [2.45, 2.75) is 19.8 Å². The highest BCUT2D eigenvalue weighted by Gasteiger charge is 2.09. The summed E-state index contributed by atoms with van der Waals surface area (Å²) in [7, 11) is 0. The van der Waals surface area contributed by atoms with Crippen molar-refractivity contribution in [1.82, 2.24) is 9.97 Å². The van der Waals surface area contributed by atoms with Crippen LogP contribution in [0, 0.1) is 5.82 Å². The van der Waals surface area contributed by atoms with Gasteiger partial charge in [-0.2, -0.15) is 4.98 Å². The number of nitrogens with two attached hydrogens (primary N) is 1. The van der Waals surface area contributed by atoms with E-state index in [1.165, 1.54) is 24.3 Å². The molecule has 4 nitrogen and oxygen atoms in total. The number of benzene rings is 1. The summed E-state index contributed by atoms with van der Waals surface area (Å²) < 4.78 is 18.5. The molecule has 0 aliphatic carbocycles. The summed E-state index contributed by atoms with van der Waals surface area (Å²) in [5.74, 6) is 1.23.